The van der Waals surface area contributed by atoms with E-state index < -0.39 is 11.0 Å². The van der Waals surface area contributed by atoms with Crippen LogP contribution in [0.4, 0.5) is 0 Å². The molecule has 1 fully saturated rings. The van der Waals surface area contributed by atoms with Crippen LogP contribution < -0.4 is 0 Å². The number of likely N-dealkylation sites (tertiary alicyclic amines) is 1. The molecule has 7 nitrogen and oxygen atoms in total. The van der Waals surface area contributed by atoms with E-state index in [9.17, 15) is 9.90 Å². The van der Waals surface area contributed by atoms with E-state index >= 15 is 0 Å². The molecule has 112 valence electrons. The summed E-state index contributed by atoms with van der Waals surface area (Å²) >= 11 is 0. The lowest BCUT2D eigenvalue weighted by Gasteiger charge is -2.30. The first kappa shape index (κ1) is 14.9. The third-order valence-electron chi connectivity index (χ3n) is 3.94. The van der Waals surface area contributed by atoms with Crippen LogP contribution in [0.1, 0.15) is 32.4 Å². The maximum absolute atomic E-state index is 12.5. The zero-order chi connectivity index (χ0) is 14.8. The summed E-state index contributed by atoms with van der Waals surface area (Å²) in [6.07, 6.45) is 2.64. The van der Waals surface area contributed by atoms with Crippen molar-refractivity contribution >= 4 is 5.91 Å². The minimum absolute atomic E-state index is 0.0361. The molecule has 1 aliphatic rings. The predicted octanol–water partition coefficient (Wildman–Crippen LogP) is 0.287. The molecule has 2 rings (SSSR count). The van der Waals surface area contributed by atoms with Crippen molar-refractivity contribution in [2.45, 2.75) is 32.3 Å². The maximum Gasteiger partial charge on any atom is 0.228 e. The molecule has 0 bridgehead atoms. The van der Waals surface area contributed by atoms with Gasteiger partial charge in [0.25, 0.3) is 0 Å². The normalized spacial score (nSPS) is 23.3. The van der Waals surface area contributed by atoms with Crippen LogP contribution in [0.15, 0.2) is 6.20 Å². The van der Waals surface area contributed by atoms with Gasteiger partial charge in [-0.05, 0) is 6.42 Å². The fraction of sp³-hybridized carbons (Fsp3) is 0.769. The summed E-state index contributed by atoms with van der Waals surface area (Å²) in [6.45, 7) is 5.14. The molecule has 0 aliphatic carbocycles. The number of aromatic amines is 1. The van der Waals surface area contributed by atoms with Gasteiger partial charge < -0.3 is 14.7 Å². The zero-order valence-electron chi connectivity index (χ0n) is 12.2. The summed E-state index contributed by atoms with van der Waals surface area (Å²) < 4.78 is 5.05. The van der Waals surface area contributed by atoms with E-state index in [1.165, 1.54) is 6.20 Å². The van der Waals surface area contributed by atoms with E-state index in [0.717, 1.165) is 0 Å². The molecule has 1 saturated heterocycles. The van der Waals surface area contributed by atoms with E-state index in [2.05, 4.69) is 15.4 Å². The summed E-state index contributed by atoms with van der Waals surface area (Å²) in [5.41, 5.74) is -1.10. The van der Waals surface area contributed by atoms with Crippen LogP contribution in [0.2, 0.25) is 0 Å². The van der Waals surface area contributed by atoms with Crippen LogP contribution >= 0.6 is 0 Å². The number of aliphatic hydroxyl groups is 1. The number of carbonyl (C=O) groups is 1. The Kier molecular flexibility index (Phi) is 4.10. The van der Waals surface area contributed by atoms with Crippen LogP contribution in [-0.2, 0) is 15.1 Å². The van der Waals surface area contributed by atoms with E-state index in [4.69, 9.17) is 4.74 Å². The Morgan fingerprint density at radius 3 is 3.00 bits per heavy atom. The molecule has 20 heavy (non-hydrogen) atoms. The molecule has 1 aromatic heterocycles. The molecule has 2 heterocycles. The summed E-state index contributed by atoms with van der Waals surface area (Å²) in [5, 5.41) is 20.7. The molecule has 0 unspecified atom stereocenters. The van der Waals surface area contributed by atoms with Gasteiger partial charge in [-0.15, -0.1) is 0 Å². The summed E-state index contributed by atoms with van der Waals surface area (Å²) in [7, 11) is 1.62. The molecule has 0 spiro atoms. The molecule has 1 atom stereocenters. The van der Waals surface area contributed by atoms with Gasteiger partial charge in [0.15, 0.2) is 0 Å². The minimum atomic E-state index is -1.10. The SMILES string of the molecule is COCCC(C)(C)C(=O)N1CC[C@](O)(c2cn[nH]n2)C1. The summed E-state index contributed by atoms with van der Waals surface area (Å²) in [5.74, 6) is 0.0361. The monoisotopic (exact) mass is 282 g/mol. The average molecular weight is 282 g/mol. The number of methoxy groups -OCH3 is 1. The molecule has 0 saturated carbocycles. The molecule has 7 heteroatoms. The van der Waals surface area contributed by atoms with Gasteiger partial charge in [0.2, 0.25) is 5.91 Å². The zero-order valence-corrected chi connectivity index (χ0v) is 12.2. The number of rotatable bonds is 5. The fourth-order valence-corrected chi connectivity index (χ4v) is 2.49. The highest BCUT2D eigenvalue weighted by atomic mass is 16.5. The van der Waals surface area contributed by atoms with Crippen LogP contribution in [0, 0.1) is 5.41 Å². The Balaban J connectivity index is 2.04. The highest BCUT2D eigenvalue weighted by Gasteiger charge is 2.44. The molecular formula is C13H22N4O3. The number of H-pyrrole nitrogens is 1. The largest absolute Gasteiger partial charge is 0.385 e. The van der Waals surface area contributed by atoms with Crippen molar-refractivity contribution in [2.75, 3.05) is 26.8 Å². The Bertz CT molecular complexity index is 460. The van der Waals surface area contributed by atoms with Gasteiger partial charge in [0.05, 0.1) is 12.7 Å². The fourth-order valence-electron chi connectivity index (χ4n) is 2.49. The number of nitrogens with zero attached hydrogens (tertiary/aromatic N) is 3. The molecule has 1 aliphatic heterocycles. The van der Waals surface area contributed by atoms with Gasteiger partial charge in [-0.1, -0.05) is 13.8 Å². The Hall–Kier alpha value is -1.47. The van der Waals surface area contributed by atoms with Crippen molar-refractivity contribution in [1.29, 1.82) is 0 Å². The lowest BCUT2D eigenvalue weighted by atomic mass is 9.88. The first-order chi connectivity index (χ1) is 9.39. The van der Waals surface area contributed by atoms with Crippen molar-refractivity contribution in [3.63, 3.8) is 0 Å². The molecule has 1 amide bonds. The number of hydrogen-bond acceptors (Lipinski definition) is 5. The standard InChI is InChI=1S/C13H22N4O3/c1-12(2,5-7-20-3)11(18)17-6-4-13(19,9-17)10-8-14-16-15-10/h8,19H,4-7,9H2,1-3H3,(H,14,15,16)/t13-/m1/s1. The van der Waals surface area contributed by atoms with Crippen molar-refractivity contribution in [1.82, 2.24) is 20.3 Å². The van der Waals surface area contributed by atoms with Crippen molar-refractivity contribution < 1.29 is 14.6 Å². The summed E-state index contributed by atoms with van der Waals surface area (Å²) in [4.78, 5) is 14.2. The molecule has 0 radical (unpaired) electrons. The van der Waals surface area contributed by atoms with E-state index in [1.54, 1.807) is 12.0 Å². The Morgan fingerprint density at radius 2 is 2.40 bits per heavy atom. The number of carbonyl (C=O) groups excluding carboxylic acids is 1. The van der Waals surface area contributed by atoms with Crippen molar-refractivity contribution in [3.05, 3.63) is 11.9 Å². The van der Waals surface area contributed by atoms with Gasteiger partial charge in [0, 0.05) is 32.1 Å². The average Bonchev–Trinajstić information content (AvgIpc) is 3.05. The van der Waals surface area contributed by atoms with Crippen molar-refractivity contribution in [2.24, 2.45) is 5.41 Å². The second-order valence-electron chi connectivity index (χ2n) is 5.99. The van der Waals surface area contributed by atoms with Gasteiger partial charge in [-0.3, -0.25) is 4.79 Å². The molecule has 0 aromatic carbocycles. The molecule has 1 aromatic rings. The Morgan fingerprint density at radius 1 is 1.65 bits per heavy atom. The Labute approximate surface area is 118 Å². The second-order valence-corrected chi connectivity index (χ2v) is 5.99. The molecular weight excluding hydrogens is 260 g/mol. The topological polar surface area (TPSA) is 91.3 Å². The van der Waals surface area contributed by atoms with E-state index in [1.807, 2.05) is 13.8 Å². The van der Waals surface area contributed by atoms with Gasteiger partial charge >= 0.3 is 0 Å². The van der Waals surface area contributed by atoms with Crippen LogP contribution in [0.3, 0.4) is 0 Å². The predicted molar refractivity (Wildman–Crippen MR) is 71.8 cm³/mol. The molecule has 2 N–H and O–H groups in total. The highest BCUT2D eigenvalue weighted by Crippen LogP contribution is 2.33. The highest BCUT2D eigenvalue weighted by molar-refractivity contribution is 5.82. The van der Waals surface area contributed by atoms with E-state index in [-0.39, 0.29) is 12.5 Å². The smallest absolute Gasteiger partial charge is 0.228 e. The summed E-state index contributed by atoms with van der Waals surface area (Å²) in [6, 6.07) is 0. The third-order valence-corrected chi connectivity index (χ3v) is 3.94. The third kappa shape index (κ3) is 2.83. The number of hydrogen-bond donors (Lipinski definition) is 2. The second kappa shape index (κ2) is 5.49. The van der Waals surface area contributed by atoms with Crippen LogP contribution in [0.5, 0.6) is 0 Å². The minimum Gasteiger partial charge on any atom is -0.385 e. The van der Waals surface area contributed by atoms with Gasteiger partial charge in [-0.25, -0.2) is 0 Å². The van der Waals surface area contributed by atoms with Gasteiger partial charge in [-0.2, -0.15) is 15.4 Å². The number of amides is 1. The van der Waals surface area contributed by atoms with Crippen molar-refractivity contribution in [3.8, 4) is 0 Å². The first-order valence-electron chi connectivity index (χ1n) is 6.76. The number of nitrogens with one attached hydrogen (secondary N) is 1. The number of ether oxygens (including phenoxy) is 1. The van der Waals surface area contributed by atoms with Gasteiger partial charge in [0.1, 0.15) is 11.3 Å². The quantitative estimate of drug-likeness (QED) is 0.810. The van der Waals surface area contributed by atoms with Crippen LogP contribution in [-0.4, -0.2) is 58.1 Å². The number of aromatic nitrogens is 3. The lowest BCUT2D eigenvalue weighted by molar-refractivity contribution is -0.141. The van der Waals surface area contributed by atoms with Crippen LogP contribution in [0.25, 0.3) is 0 Å². The lowest BCUT2D eigenvalue weighted by Crippen LogP contribution is -2.42. The first-order valence-corrected chi connectivity index (χ1v) is 6.76. The maximum atomic E-state index is 12.5. The number of β-amino-alcohol motifs (C(OH)–C–C–N with tert-alkyl or cyclic N) is 1. The van der Waals surface area contributed by atoms with E-state index in [0.29, 0.717) is 31.7 Å².